The lowest BCUT2D eigenvalue weighted by Gasteiger charge is -2.09. The van der Waals surface area contributed by atoms with Gasteiger partial charge < -0.3 is 5.32 Å². The topological polar surface area (TPSA) is 84.0 Å². The van der Waals surface area contributed by atoms with Crippen molar-refractivity contribution in [3.05, 3.63) is 34.8 Å². The third-order valence-electron chi connectivity index (χ3n) is 2.50. The highest BCUT2D eigenvalue weighted by atomic mass is 32.2. The van der Waals surface area contributed by atoms with E-state index in [1.54, 1.807) is 0 Å². The smallest absolute Gasteiger partial charge is 0.266 e. The minimum absolute atomic E-state index is 0.0214. The van der Waals surface area contributed by atoms with Crippen molar-refractivity contribution in [1.82, 2.24) is 15.5 Å². The maximum Gasteiger partial charge on any atom is 0.266 e. The average Bonchev–Trinajstić information content (AvgIpc) is 2.91. The molecule has 21 heavy (non-hydrogen) atoms. The van der Waals surface area contributed by atoms with E-state index < -0.39 is 26.6 Å². The standard InChI is InChI=1S/C11H12F2N4O2S2/c1-2-14-5-7-3-8(12)10(13)9(4-7)21(18,19)17-11-16-15-6-20-11/h3-4,6,14H,2,5H2,1H3,(H,16,17). The van der Waals surface area contributed by atoms with Gasteiger partial charge in [0.25, 0.3) is 10.0 Å². The molecule has 0 bridgehead atoms. The Morgan fingerprint density at radius 3 is 2.71 bits per heavy atom. The van der Waals surface area contributed by atoms with Gasteiger partial charge >= 0.3 is 0 Å². The maximum absolute atomic E-state index is 13.8. The summed E-state index contributed by atoms with van der Waals surface area (Å²) in [6.07, 6.45) is 0. The molecule has 10 heteroatoms. The minimum atomic E-state index is -4.27. The normalized spacial score (nSPS) is 11.6. The highest BCUT2D eigenvalue weighted by Gasteiger charge is 2.24. The Hall–Kier alpha value is -1.65. The Balaban J connectivity index is 2.39. The number of halogens is 2. The van der Waals surface area contributed by atoms with Crippen molar-refractivity contribution >= 4 is 26.5 Å². The average molecular weight is 334 g/mol. The van der Waals surface area contributed by atoms with Crippen LogP contribution in [0.4, 0.5) is 13.9 Å². The van der Waals surface area contributed by atoms with Crippen LogP contribution in [0, 0.1) is 11.6 Å². The fourth-order valence-corrected chi connectivity index (χ4v) is 3.40. The van der Waals surface area contributed by atoms with Crippen molar-refractivity contribution in [3.8, 4) is 0 Å². The van der Waals surface area contributed by atoms with Crippen LogP contribution in [0.15, 0.2) is 22.5 Å². The van der Waals surface area contributed by atoms with Gasteiger partial charge in [0, 0.05) is 6.54 Å². The summed E-state index contributed by atoms with van der Waals surface area (Å²) in [7, 11) is -4.27. The number of aromatic nitrogens is 2. The first-order valence-electron chi connectivity index (χ1n) is 5.91. The summed E-state index contributed by atoms with van der Waals surface area (Å²) in [6, 6.07) is 2.05. The Kier molecular flexibility index (Phi) is 4.80. The lowest BCUT2D eigenvalue weighted by Crippen LogP contribution is -2.17. The number of nitrogens with zero attached hydrogens (tertiary/aromatic N) is 2. The Bertz CT molecular complexity index is 720. The molecule has 2 aromatic rings. The van der Waals surface area contributed by atoms with Gasteiger partial charge in [-0.25, -0.2) is 17.2 Å². The number of anilines is 1. The van der Waals surface area contributed by atoms with E-state index in [1.807, 2.05) is 6.92 Å². The van der Waals surface area contributed by atoms with Crippen LogP contribution >= 0.6 is 11.3 Å². The van der Waals surface area contributed by atoms with Crippen LogP contribution in [0.5, 0.6) is 0 Å². The molecular formula is C11H12F2N4O2S2. The lowest BCUT2D eigenvalue weighted by atomic mass is 10.2. The van der Waals surface area contributed by atoms with E-state index in [2.05, 4.69) is 20.2 Å². The Morgan fingerprint density at radius 1 is 1.33 bits per heavy atom. The number of rotatable bonds is 6. The van der Waals surface area contributed by atoms with Crippen LogP contribution in [0.2, 0.25) is 0 Å². The molecule has 0 aliphatic heterocycles. The van der Waals surface area contributed by atoms with Crippen molar-refractivity contribution in [1.29, 1.82) is 0 Å². The molecule has 0 unspecified atom stereocenters. The molecule has 0 saturated heterocycles. The van der Waals surface area contributed by atoms with E-state index in [0.29, 0.717) is 12.1 Å². The predicted octanol–water partition coefficient (Wildman–Crippen LogP) is 1.73. The molecule has 0 radical (unpaired) electrons. The molecule has 6 nitrogen and oxygen atoms in total. The molecule has 0 amide bonds. The van der Waals surface area contributed by atoms with Gasteiger partial charge in [-0.3, -0.25) is 4.72 Å². The van der Waals surface area contributed by atoms with Gasteiger partial charge in [0.1, 0.15) is 10.4 Å². The zero-order valence-corrected chi connectivity index (χ0v) is 12.6. The Labute approximate surface area is 124 Å². The molecule has 2 rings (SSSR count). The van der Waals surface area contributed by atoms with Gasteiger partial charge in [-0.15, -0.1) is 10.2 Å². The largest absolute Gasteiger partial charge is 0.313 e. The monoisotopic (exact) mass is 334 g/mol. The third kappa shape index (κ3) is 3.71. The fraction of sp³-hybridized carbons (Fsp3) is 0.273. The second-order valence-electron chi connectivity index (χ2n) is 4.02. The van der Waals surface area contributed by atoms with Gasteiger partial charge in [0.2, 0.25) is 5.13 Å². The highest BCUT2D eigenvalue weighted by molar-refractivity contribution is 7.93. The second-order valence-corrected chi connectivity index (χ2v) is 6.50. The third-order valence-corrected chi connectivity index (χ3v) is 4.58. The van der Waals surface area contributed by atoms with Crippen LogP contribution in [-0.2, 0) is 16.6 Å². The molecule has 0 aliphatic rings. The van der Waals surface area contributed by atoms with E-state index in [4.69, 9.17) is 0 Å². The molecule has 0 saturated carbocycles. The highest BCUT2D eigenvalue weighted by Crippen LogP contribution is 2.23. The van der Waals surface area contributed by atoms with Gasteiger partial charge in [-0.05, 0) is 24.2 Å². The maximum atomic E-state index is 13.8. The van der Waals surface area contributed by atoms with Gasteiger partial charge in [-0.1, -0.05) is 18.3 Å². The molecule has 114 valence electrons. The van der Waals surface area contributed by atoms with Crippen LogP contribution in [0.25, 0.3) is 0 Å². The predicted molar refractivity (Wildman–Crippen MR) is 74.5 cm³/mol. The van der Waals surface area contributed by atoms with Crippen molar-refractivity contribution in [2.45, 2.75) is 18.4 Å². The van der Waals surface area contributed by atoms with Crippen molar-refractivity contribution in [2.75, 3.05) is 11.3 Å². The van der Waals surface area contributed by atoms with E-state index in [0.717, 1.165) is 23.5 Å². The number of hydrogen-bond donors (Lipinski definition) is 2. The number of hydrogen-bond acceptors (Lipinski definition) is 6. The van der Waals surface area contributed by atoms with E-state index >= 15 is 0 Å². The first kappa shape index (κ1) is 15.7. The van der Waals surface area contributed by atoms with Gasteiger partial charge in [0.05, 0.1) is 0 Å². The zero-order chi connectivity index (χ0) is 15.5. The molecule has 1 heterocycles. The SMILES string of the molecule is CCNCc1cc(F)c(F)c(S(=O)(=O)Nc2nncs2)c1. The minimum Gasteiger partial charge on any atom is -0.313 e. The summed E-state index contributed by atoms with van der Waals surface area (Å²) in [5.74, 6) is -2.64. The lowest BCUT2D eigenvalue weighted by molar-refractivity contribution is 0.482. The van der Waals surface area contributed by atoms with Crippen LogP contribution in [-0.4, -0.2) is 25.2 Å². The molecule has 1 aromatic heterocycles. The molecular weight excluding hydrogens is 322 g/mol. The molecule has 0 spiro atoms. The quantitative estimate of drug-likeness (QED) is 0.840. The van der Waals surface area contributed by atoms with Crippen molar-refractivity contribution in [3.63, 3.8) is 0 Å². The summed E-state index contributed by atoms with van der Waals surface area (Å²) in [5.41, 5.74) is 1.64. The second kappa shape index (κ2) is 6.41. The van der Waals surface area contributed by atoms with Crippen molar-refractivity contribution < 1.29 is 17.2 Å². The fourth-order valence-electron chi connectivity index (χ4n) is 1.57. The first-order valence-corrected chi connectivity index (χ1v) is 8.28. The number of nitrogens with one attached hydrogen (secondary N) is 2. The van der Waals surface area contributed by atoms with Gasteiger partial charge in [0.15, 0.2) is 11.6 Å². The summed E-state index contributed by atoms with van der Waals surface area (Å²) in [6.45, 7) is 2.69. The molecule has 0 fully saturated rings. The molecule has 0 aliphatic carbocycles. The Morgan fingerprint density at radius 2 is 2.10 bits per heavy atom. The summed E-state index contributed by atoms with van der Waals surface area (Å²) in [5, 5.41) is 9.85. The summed E-state index contributed by atoms with van der Waals surface area (Å²) < 4.78 is 53.6. The number of sulfonamides is 1. The van der Waals surface area contributed by atoms with E-state index in [9.17, 15) is 17.2 Å². The van der Waals surface area contributed by atoms with Crippen LogP contribution in [0.1, 0.15) is 12.5 Å². The summed E-state index contributed by atoms with van der Waals surface area (Å²) in [4.78, 5) is -0.759. The van der Waals surface area contributed by atoms with E-state index in [1.165, 1.54) is 5.51 Å². The molecule has 2 N–H and O–H groups in total. The van der Waals surface area contributed by atoms with E-state index in [-0.39, 0.29) is 11.7 Å². The van der Waals surface area contributed by atoms with Crippen LogP contribution in [0.3, 0.4) is 0 Å². The summed E-state index contributed by atoms with van der Waals surface area (Å²) >= 11 is 0.932. The first-order chi connectivity index (χ1) is 9.94. The number of benzene rings is 1. The van der Waals surface area contributed by atoms with Crippen molar-refractivity contribution in [2.24, 2.45) is 0 Å². The zero-order valence-electron chi connectivity index (χ0n) is 10.9. The molecule has 1 aromatic carbocycles. The molecule has 0 atom stereocenters. The van der Waals surface area contributed by atoms with Crippen LogP contribution < -0.4 is 10.0 Å². The van der Waals surface area contributed by atoms with Gasteiger partial charge in [-0.2, -0.15) is 0 Å².